The van der Waals surface area contributed by atoms with Crippen LogP contribution in [-0.2, 0) is 22.9 Å². The molecule has 3 aromatic rings. The Morgan fingerprint density at radius 2 is 1.64 bits per heavy atom. The molecule has 0 aliphatic rings. The van der Waals surface area contributed by atoms with Gasteiger partial charge >= 0.3 is 0 Å². The van der Waals surface area contributed by atoms with Crippen LogP contribution in [0.1, 0.15) is 11.4 Å². The van der Waals surface area contributed by atoms with Gasteiger partial charge in [0.1, 0.15) is 5.82 Å². The summed E-state index contributed by atoms with van der Waals surface area (Å²) < 4.78 is 27.0. The highest BCUT2D eigenvalue weighted by Crippen LogP contribution is 2.11. The highest BCUT2D eigenvalue weighted by Gasteiger charge is 2.16. The molecule has 2 heterocycles. The van der Waals surface area contributed by atoms with Crippen molar-refractivity contribution in [2.45, 2.75) is 18.2 Å². The van der Waals surface area contributed by atoms with Crippen molar-refractivity contribution in [2.24, 2.45) is 0 Å². The van der Waals surface area contributed by atoms with Gasteiger partial charge in [-0.05, 0) is 5.56 Å². The maximum absolute atomic E-state index is 11.7. The van der Waals surface area contributed by atoms with Crippen molar-refractivity contribution < 1.29 is 8.42 Å². The van der Waals surface area contributed by atoms with Gasteiger partial charge in [0.15, 0.2) is 0 Å². The molecule has 1 aromatic carbocycles. The summed E-state index contributed by atoms with van der Waals surface area (Å²) >= 11 is 0. The third-order valence-electron chi connectivity index (χ3n) is 3.32. The SMILES string of the molecule is CS(=O)(=O)c1nccn1Cc1nccn1Cc1ccccc1. The normalized spacial score (nSPS) is 11.7. The predicted molar refractivity (Wildman–Crippen MR) is 82.2 cm³/mol. The van der Waals surface area contributed by atoms with Crippen molar-refractivity contribution in [2.75, 3.05) is 6.26 Å². The van der Waals surface area contributed by atoms with Crippen LogP contribution in [0, 0.1) is 0 Å². The first-order valence-electron chi connectivity index (χ1n) is 6.79. The lowest BCUT2D eigenvalue weighted by molar-refractivity contribution is 0.568. The lowest BCUT2D eigenvalue weighted by Gasteiger charge is -2.10. The van der Waals surface area contributed by atoms with Crippen molar-refractivity contribution in [3.8, 4) is 0 Å². The molecule has 0 atom stereocenters. The Hall–Kier alpha value is -2.41. The maximum atomic E-state index is 11.7. The minimum Gasteiger partial charge on any atom is -0.329 e. The molecule has 0 aliphatic heterocycles. The molecule has 0 saturated carbocycles. The van der Waals surface area contributed by atoms with Gasteiger partial charge in [-0.1, -0.05) is 30.3 Å². The molecule has 7 heteroatoms. The average Bonchev–Trinajstić information content (AvgIpc) is 3.10. The van der Waals surface area contributed by atoms with E-state index in [1.165, 1.54) is 6.20 Å². The van der Waals surface area contributed by atoms with Crippen molar-refractivity contribution in [1.29, 1.82) is 0 Å². The monoisotopic (exact) mass is 316 g/mol. The summed E-state index contributed by atoms with van der Waals surface area (Å²) in [5.41, 5.74) is 1.16. The second-order valence-electron chi connectivity index (χ2n) is 5.07. The Kier molecular flexibility index (Phi) is 3.81. The molecule has 0 unspecified atom stereocenters. The summed E-state index contributed by atoms with van der Waals surface area (Å²) in [5.74, 6) is 0.784. The predicted octanol–water partition coefficient (Wildman–Crippen LogP) is 1.58. The Bertz CT molecular complexity index is 866. The summed E-state index contributed by atoms with van der Waals surface area (Å²) in [5, 5.41) is 0.0572. The van der Waals surface area contributed by atoms with Gasteiger partial charge in [0, 0.05) is 37.6 Å². The van der Waals surface area contributed by atoms with Crippen LogP contribution in [0.2, 0.25) is 0 Å². The van der Waals surface area contributed by atoms with E-state index in [1.807, 2.05) is 41.1 Å². The van der Waals surface area contributed by atoms with Crippen LogP contribution in [0.5, 0.6) is 0 Å². The van der Waals surface area contributed by atoms with E-state index in [4.69, 9.17) is 0 Å². The number of rotatable bonds is 5. The van der Waals surface area contributed by atoms with E-state index in [2.05, 4.69) is 9.97 Å². The average molecular weight is 316 g/mol. The Morgan fingerprint density at radius 3 is 2.36 bits per heavy atom. The van der Waals surface area contributed by atoms with Crippen molar-refractivity contribution >= 4 is 9.84 Å². The lowest BCUT2D eigenvalue weighted by atomic mass is 10.2. The summed E-state index contributed by atoms with van der Waals surface area (Å²) in [6.45, 7) is 1.06. The fraction of sp³-hybridized carbons (Fsp3) is 0.200. The Balaban J connectivity index is 1.86. The molecular formula is C15H16N4O2S. The van der Waals surface area contributed by atoms with E-state index < -0.39 is 9.84 Å². The number of hydrogen-bond acceptors (Lipinski definition) is 4. The van der Waals surface area contributed by atoms with Gasteiger partial charge in [0.25, 0.3) is 0 Å². The van der Waals surface area contributed by atoms with E-state index in [9.17, 15) is 8.42 Å². The van der Waals surface area contributed by atoms with Gasteiger partial charge < -0.3 is 9.13 Å². The van der Waals surface area contributed by atoms with Gasteiger partial charge in [-0.25, -0.2) is 18.4 Å². The second-order valence-corrected chi connectivity index (χ2v) is 6.98. The molecule has 6 nitrogen and oxygen atoms in total. The number of nitrogens with zero attached hydrogens (tertiary/aromatic N) is 4. The molecule has 0 amide bonds. The number of hydrogen-bond donors (Lipinski definition) is 0. The first kappa shape index (κ1) is 14.5. The zero-order valence-electron chi connectivity index (χ0n) is 12.1. The zero-order chi connectivity index (χ0) is 15.6. The molecule has 0 radical (unpaired) electrons. The molecule has 22 heavy (non-hydrogen) atoms. The van der Waals surface area contributed by atoms with Gasteiger partial charge in [-0.2, -0.15) is 0 Å². The Morgan fingerprint density at radius 1 is 0.955 bits per heavy atom. The van der Waals surface area contributed by atoms with E-state index in [1.54, 1.807) is 17.0 Å². The molecule has 0 fully saturated rings. The smallest absolute Gasteiger partial charge is 0.227 e. The van der Waals surface area contributed by atoms with Crippen molar-refractivity contribution in [1.82, 2.24) is 19.1 Å². The van der Waals surface area contributed by atoms with Crippen molar-refractivity contribution in [3.05, 3.63) is 66.5 Å². The summed E-state index contributed by atoms with van der Waals surface area (Å²) in [4.78, 5) is 8.25. The number of imidazole rings is 2. The van der Waals surface area contributed by atoms with E-state index >= 15 is 0 Å². The van der Waals surface area contributed by atoms with Crippen LogP contribution in [0.3, 0.4) is 0 Å². The quantitative estimate of drug-likeness (QED) is 0.716. The molecule has 0 N–H and O–H groups in total. The fourth-order valence-electron chi connectivity index (χ4n) is 2.31. The fourth-order valence-corrected chi connectivity index (χ4v) is 3.12. The van der Waals surface area contributed by atoms with E-state index in [-0.39, 0.29) is 5.16 Å². The molecule has 114 valence electrons. The highest BCUT2D eigenvalue weighted by atomic mass is 32.2. The molecule has 0 spiro atoms. The Labute approximate surface area is 129 Å². The molecule has 3 rings (SSSR count). The first-order chi connectivity index (χ1) is 10.5. The number of sulfone groups is 1. The van der Waals surface area contributed by atoms with E-state index in [0.717, 1.165) is 17.6 Å². The molecular weight excluding hydrogens is 300 g/mol. The molecule has 2 aromatic heterocycles. The lowest BCUT2D eigenvalue weighted by Crippen LogP contribution is -2.13. The topological polar surface area (TPSA) is 69.8 Å². The second kappa shape index (κ2) is 5.76. The molecule has 0 saturated heterocycles. The minimum absolute atomic E-state index is 0.0572. The van der Waals surface area contributed by atoms with Crippen molar-refractivity contribution in [3.63, 3.8) is 0 Å². The van der Waals surface area contributed by atoms with Crippen LogP contribution < -0.4 is 0 Å². The highest BCUT2D eigenvalue weighted by molar-refractivity contribution is 7.90. The summed E-state index contributed by atoms with van der Waals surface area (Å²) in [6, 6.07) is 10.0. The van der Waals surface area contributed by atoms with Gasteiger partial charge in [0.2, 0.25) is 15.0 Å². The summed E-state index contributed by atoms with van der Waals surface area (Å²) in [6.07, 6.45) is 7.90. The van der Waals surface area contributed by atoms with Gasteiger partial charge in [-0.3, -0.25) is 0 Å². The summed E-state index contributed by atoms with van der Waals surface area (Å²) in [7, 11) is -3.35. The van der Waals surface area contributed by atoms with Gasteiger partial charge in [0.05, 0.1) is 6.54 Å². The van der Waals surface area contributed by atoms with Crippen LogP contribution in [-0.4, -0.2) is 33.8 Å². The molecule has 0 aliphatic carbocycles. The van der Waals surface area contributed by atoms with Crippen LogP contribution >= 0.6 is 0 Å². The standard InChI is InChI=1S/C15H16N4O2S/c1-22(20,21)15-17-8-10-19(15)12-14-16-7-9-18(14)11-13-5-3-2-4-6-13/h2-10H,11-12H2,1H3. The first-order valence-corrected chi connectivity index (χ1v) is 8.68. The van der Waals surface area contributed by atoms with E-state index in [0.29, 0.717) is 13.1 Å². The van der Waals surface area contributed by atoms with Crippen LogP contribution in [0.15, 0.2) is 60.3 Å². The number of aromatic nitrogens is 4. The largest absolute Gasteiger partial charge is 0.329 e. The molecule has 0 bridgehead atoms. The van der Waals surface area contributed by atoms with Crippen LogP contribution in [0.4, 0.5) is 0 Å². The third kappa shape index (κ3) is 3.09. The zero-order valence-corrected chi connectivity index (χ0v) is 12.9. The van der Waals surface area contributed by atoms with Gasteiger partial charge in [-0.15, -0.1) is 0 Å². The number of benzene rings is 1. The van der Waals surface area contributed by atoms with Crippen LogP contribution in [0.25, 0.3) is 0 Å². The third-order valence-corrected chi connectivity index (χ3v) is 4.32. The minimum atomic E-state index is -3.35. The maximum Gasteiger partial charge on any atom is 0.227 e.